The number of anilines is 3. The second kappa shape index (κ2) is 12.2. The summed E-state index contributed by atoms with van der Waals surface area (Å²) in [6.45, 7) is 7.70. The Labute approximate surface area is 234 Å². The third-order valence-electron chi connectivity index (χ3n) is 7.28. The predicted octanol–water partition coefficient (Wildman–Crippen LogP) is 3.70. The number of rotatable bonds is 10. The van der Waals surface area contributed by atoms with Crippen molar-refractivity contribution in [3.8, 4) is 0 Å². The lowest BCUT2D eigenvalue weighted by atomic mass is 10.1. The van der Waals surface area contributed by atoms with Crippen LogP contribution in [0.15, 0.2) is 53.1 Å². The molecule has 2 aromatic carbocycles. The summed E-state index contributed by atoms with van der Waals surface area (Å²) in [4.78, 5) is 46.1. The molecule has 210 valence electrons. The second-order valence-electron chi connectivity index (χ2n) is 10.4. The molecule has 1 saturated heterocycles. The average Bonchev–Trinajstić information content (AvgIpc) is 3.68. The molecule has 40 heavy (non-hydrogen) atoms. The molecule has 1 aliphatic carbocycles. The summed E-state index contributed by atoms with van der Waals surface area (Å²) in [5.74, 6) is 0.192. The van der Waals surface area contributed by atoms with Gasteiger partial charge in [-0.15, -0.1) is 0 Å². The zero-order valence-electron chi connectivity index (χ0n) is 23.0. The van der Waals surface area contributed by atoms with E-state index in [0.29, 0.717) is 42.6 Å². The molecule has 0 radical (unpaired) electrons. The number of amides is 3. The van der Waals surface area contributed by atoms with Crippen molar-refractivity contribution in [2.45, 2.75) is 39.0 Å². The minimum atomic E-state index is -0.372. The molecule has 2 aliphatic rings. The molecule has 10 nitrogen and oxygen atoms in total. The van der Waals surface area contributed by atoms with Gasteiger partial charge in [0.25, 0.3) is 11.8 Å². The van der Waals surface area contributed by atoms with Crippen LogP contribution in [-0.2, 0) is 4.79 Å². The largest absolute Gasteiger partial charge is 0.448 e. The molecule has 0 spiro atoms. The summed E-state index contributed by atoms with van der Waals surface area (Å²) >= 11 is 0. The van der Waals surface area contributed by atoms with E-state index in [-0.39, 0.29) is 23.4 Å². The summed E-state index contributed by atoms with van der Waals surface area (Å²) in [5, 5.41) is 8.59. The van der Waals surface area contributed by atoms with Crippen molar-refractivity contribution in [1.29, 1.82) is 0 Å². The van der Waals surface area contributed by atoms with E-state index in [4.69, 9.17) is 4.42 Å². The quantitative estimate of drug-likeness (QED) is 0.333. The van der Waals surface area contributed by atoms with Crippen LogP contribution in [0.5, 0.6) is 0 Å². The highest BCUT2D eigenvalue weighted by atomic mass is 16.3. The van der Waals surface area contributed by atoms with Crippen molar-refractivity contribution >= 4 is 34.8 Å². The number of nitrogens with one attached hydrogen (secondary N) is 3. The molecule has 1 aromatic heterocycles. The average molecular weight is 545 g/mol. The van der Waals surface area contributed by atoms with Gasteiger partial charge in [-0.3, -0.25) is 14.4 Å². The Kier molecular flexibility index (Phi) is 8.33. The van der Waals surface area contributed by atoms with Gasteiger partial charge >= 0.3 is 0 Å². The fourth-order valence-corrected chi connectivity index (χ4v) is 4.91. The minimum Gasteiger partial charge on any atom is -0.448 e. The molecule has 2 heterocycles. The highest BCUT2D eigenvalue weighted by Crippen LogP contribution is 2.39. The van der Waals surface area contributed by atoms with Gasteiger partial charge in [-0.25, -0.2) is 4.98 Å². The number of benzene rings is 2. The fourth-order valence-electron chi connectivity index (χ4n) is 4.91. The van der Waals surface area contributed by atoms with Gasteiger partial charge in [-0.2, -0.15) is 0 Å². The van der Waals surface area contributed by atoms with Gasteiger partial charge in [-0.05, 0) is 56.0 Å². The van der Waals surface area contributed by atoms with Crippen LogP contribution in [0.1, 0.15) is 64.4 Å². The number of oxazole rings is 1. The number of hydrogen-bond acceptors (Lipinski definition) is 7. The van der Waals surface area contributed by atoms with Crippen molar-refractivity contribution in [3.63, 3.8) is 0 Å². The first kappa shape index (κ1) is 27.2. The van der Waals surface area contributed by atoms with E-state index in [1.807, 2.05) is 12.1 Å². The van der Waals surface area contributed by atoms with E-state index < -0.39 is 0 Å². The Morgan fingerprint density at radius 2 is 1.62 bits per heavy atom. The van der Waals surface area contributed by atoms with Crippen LogP contribution < -0.4 is 25.8 Å². The Hall–Kier alpha value is -4.34. The standard InChI is InChI=1S/C30H36N6O4/c1-20-6-3-4-7-26(20)35-14-16-36(17-15-35)27-11-10-23(28(38)32-13-5-12-31-21(2)37)18-24(27)33-29(39)25-19-40-30(34-25)22-8-9-22/h3-4,6-7,10-11,18-19,22H,5,8-9,12-17H2,1-2H3,(H,31,37)(H,32,38)(H,33,39). The first-order chi connectivity index (χ1) is 19.4. The Bertz CT molecular complexity index is 1370. The first-order valence-corrected chi connectivity index (χ1v) is 13.9. The zero-order valence-corrected chi connectivity index (χ0v) is 23.0. The fraction of sp³-hybridized carbons (Fsp3) is 0.400. The molecule has 0 unspecified atom stereocenters. The maximum Gasteiger partial charge on any atom is 0.277 e. The van der Waals surface area contributed by atoms with E-state index in [1.54, 1.807) is 12.1 Å². The normalized spacial score (nSPS) is 15.1. The molecule has 0 atom stereocenters. The van der Waals surface area contributed by atoms with Crippen molar-refractivity contribution in [3.05, 3.63) is 71.4 Å². The van der Waals surface area contributed by atoms with Crippen LogP contribution in [0, 0.1) is 6.92 Å². The van der Waals surface area contributed by atoms with Crippen LogP contribution >= 0.6 is 0 Å². The smallest absolute Gasteiger partial charge is 0.277 e. The van der Waals surface area contributed by atoms with Gasteiger partial charge in [0, 0.05) is 63.4 Å². The SMILES string of the molecule is CC(=O)NCCCNC(=O)c1ccc(N2CCN(c3ccccc3C)CC2)c(NC(=O)c2coc(C3CC3)n2)c1. The third-order valence-corrected chi connectivity index (χ3v) is 7.28. The molecule has 3 amide bonds. The van der Waals surface area contributed by atoms with Gasteiger partial charge in [-0.1, -0.05) is 18.2 Å². The molecule has 5 rings (SSSR count). The molecule has 3 N–H and O–H groups in total. The van der Waals surface area contributed by atoms with Crippen LogP contribution in [-0.4, -0.2) is 62.0 Å². The molecule has 0 bridgehead atoms. The Balaban J connectivity index is 1.31. The number of nitrogens with zero attached hydrogens (tertiary/aromatic N) is 3. The monoisotopic (exact) mass is 544 g/mol. The van der Waals surface area contributed by atoms with E-state index >= 15 is 0 Å². The molecule has 1 aliphatic heterocycles. The van der Waals surface area contributed by atoms with Crippen LogP contribution in [0.2, 0.25) is 0 Å². The van der Waals surface area contributed by atoms with Crippen LogP contribution in [0.25, 0.3) is 0 Å². The maximum absolute atomic E-state index is 13.2. The summed E-state index contributed by atoms with van der Waals surface area (Å²) < 4.78 is 5.52. The number of hydrogen-bond donors (Lipinski definition) is 3. The number of para-hydroxylation sites is 1. The number of carbonyl (C=O) groups excluding carboxylic acids is 3. The lowest BCUT2D eigenvalue weighted by molar-refractivity contribution is -0.118. The van der Waals surface area contributed by atoms with Gasteiger partial charge in [0.1, 0.15) is 6.26 Å². The van der Waals surface area contributed by atoms with Crippen molar-refractivity contribution in [2.24, 2.45) is 0 Å². The number of piperazine rings is 1. The molecule has 1 saturated carbocycles. The summed E-state index contributed by atoms with van der Waals surface area (Å²) in [6, 6.07) is 13.8. The van der Waals surface area contributed by atoms with E-state index in [9.17, 15) is 14.4 Å². The highest BCUT2D eigenvalue weighted by molar-refractivity contribution is 6.06. The van der Waals surface area contributed by atoms with Gasteiger partial charge in [0.2, 0.25) is 5.91 Å². The van der Waals surface area contributed by atoms with Gasteiger partial charge in [0.05, 0.1) is 11.4 Å². The summed E-state index contributed by atoms with van der Waals surface area (Å²) in [6.07, 6.45) is 4.08. The van der Waals surface area contributed by atoms with Gasteiger partial charge in [0.15, 0.2) is 11.6 Å². The zero-order chi connectivity index (χ0) is 28.1. The lowest BCUT2D eigenvalue weighted by Gasteiger charge is -2.38. The van der Waals surface area contributed by atoms with Crippen LogP contribution in [0.4, 0.5) is 17.1 Å². The molecule has 2 fully saturated rings. The predicted molar refractivity (Wildman–Crippen MR) is 154 cm³/mol. The summed E-state index contributed by atoms with van der Waals surface area (Å²) in [5.41, 5.74) is 4.55. The molecule has 3 aromatic rings. The lowest BCUT2D eigenvalue weighted by Crippen LogP contribution is -2.47. The summed E-state index contributed by atoms with van der Waals surface area (Å²) in [7, 11) is 0. The third kappa shape index (κ3) is 6.62. The Morgan fingerprint density at radius 3 is 2.33 bits per heavy atom. The highest BCUT2D eigenvalue weighted by Gasteiger charge is 2.30. The van der Waals surface area contributed by atoms with Crippen molar-refractivity contribution in [1.82, 2.24) is 15.6 Å². The van der Waals surface area contributed by atoms with E-state index in [1.165, 1.54) is 24.4 Å². The van der Waals surface area contributed by atoms with Gasteiger partial charge < -0.3 is 30.2 Å². The maximum atomic E-state index is 13.2. The van der Waals surface area contributed by atoms with E-state index in [2.05, 4.69) is 55.9 Å². The second-order valence-corrected chi connectivity index (χ2v) is 10.4. The number of carbonyl (C=O) groups is 3. The molecular formula is C30H36N6O4. The van der Waals surface area contributed by atoms with E-state index in [0.717, 1.165) is 44.7 Å². The van der Waals surface area contributed by atoms with Crippen molar-refractivity contribution < 1.29 is 18.8 Å². The first-order valence-electron chi connectivity index (χ1n) is 13.9. The van der Waals surface area contributed by atoms with Crippen molar-refractivity contribution in [2.75, 3.05) is 54.4 Å². The van der Waals surface area contributed by atoms with Crippen LogP contribution in [0.3, 0.4) is 0 Å². The number of aromatic nitrogens is 1. The minimum absolute atomic E-state index is 0.0987. The molecule has 10 heteroatoms. The Morgan fingerprint density at radius 1 is 0.925 bits per heavy atom. The topological polar surface area (TPSA) is 120 Å². The molecular weight excluding hydrogens is 508 g/mol. The number of aryl methyl sites for hydroxylation is 1.